The molecule has 6 nitrogen and oxygen atoms in total. The van der Waals surface area contributed by atoms with E-state index in [1.165, 1.54) is 25.9 Å². The summed E-state index contributed by atoms with van der Waals surface area (Å²) in [6.45, 7) is 7.35. The van der Waals surface area contributed by atoms with Crippen LogP contribution in [0.1, 0.15) is 58.4 Å². The molecule has 2 fully saturated rings. The van der Waals surface area contributed by atoms with E-state index in [0.717, 1.165) is 48.7 Å². The highest BCUT2D eigenvalue weighted by Crippen LogP contribution is 2.50. The molecule has 2 aliphatic rings. The molecule has 2 aromatic rings. The number of hydrazine groups is 1. The zero-order valence-electron chi connectivity index (χ0n) is 18.0. The molecule has 1 radical (unpaired) electrons. The van der Waals surface area contributed by atoms with Gasteiger partial charge in [-0.2, -0.15) is 0 Å². The van der Waals surface area contributed by atoms with Crippen LogP contribution < -0.4 is 16.7 Å². The monoisotopic (exact) mass is 399 g/mol. The number of rotatable bonds is 5. The Morgan fingerprint density at radius 1 is 1.38 bits per heavy atom. The highest BCUT2D eigenvalue weighted by atomic mass is 16.3. The molecule has 29 heavy (non-hydrogen) atoms. The first kappa shape index (κ1) is 22.3. The predicted octanol–water partition coefficient (Wildman–Crippen LogP) is 2.03. The average Bonchev–Trinajstić information content (AvgIpc) is 3.13. The molecule has 2 heterocycles. The van der Waals surface area contributed by atoms with Crippen LogP contribution in [-0.4, -0.2) is 39.7 Å². The molecule has 0 saturated heterocycles. The van der Waals surface area contributed by atoms with Crippen molar-refractivity contribution < 1.29 is 10.1 Å². The van der Waals surface area contributed by atoms with Gasteiger partial charge >= 0.3 is 7.48 Å². The van der Waals surface area contributed by atoms with Crippen LogP contribution in [0.25, 0.3) is 11.0 Å². The Kier molecular flexibility index (Phi) is 7.38. The molecule has 7 heteroatoms. The zero-order valence-corrected chi connectivity index (χ0v) is 18.0. The number of nitrogens with one attached hydrogen (secondary N) is 2. The van der Waals surface area contributed by atoms with Crippen molar-refractivity contribution in [2.75, 3.05) is 6.54 Å². The second-order valence-corrected chi connectivity index (χ2v) is 9.36. The van der Waals surface area contributed by atoms with Crippen LogP contribution in [0.2, 0.25) is 0 Å². The number of pyridine rings is 1. The lowest BCUT2D eigenvalue weighted by atomic mass is 9.57. The Morgan fingerprint density at radius 3 is 2.83 bits per heavy atom. The summed E-state index contributed by atoms with van der Waals surface area (Å²) in [5.41, 5.74) is 4.89. The third-order valence-electron chi connectivity index (χ3n) is 6.81. The van der Waals surface area contributed by atoms with E-state index in [-0.39, 0.29) is 0 Å². The van der Waals surface area contributed by atoms with E-state index in [9.17, 15) is 10.1 Å². The number of H-pyrrole nitrogens is 1. The summed E-state index contributed by atoms with van der Waals surface area (Å²) in [5.74, 6) is 7.32. The Bertz CT molecular complexity index is 790. The summed E-state index contributed by atoms with van der Waals surface area (Å²) in [5, 5.41) is 21.4. The van der Waals surface area contributed by atoms with E-state index >= 15 is 0 Å². The first-order valence-corrected chi connectivity index (χ1v) is 11.0. The molecule has 5 atom stereocenters. The molecule has 6 N–H and O–H groups in total. The van der Waals surface area contributed by atoms with Gasteiger partial charge in [-0.15, -0.1) is 0 Å². The van der Waals surface area contributed by atoms with Crippen LogP contribution in [0.15, 0.2) is 18.5 Å². The number of hydrogen-bond donors (Lipinski definition) is 5. The third-order valence-corrected chi connectivity index (χ3v) is 6.81. The predicted molar refractivity (Wildman–Crippen MR) is 119 cm³/mol. The summed E-state index contributed by atoms with van der Waals surface area (Å²) in [6, 6.07) is 2.05. The Morgan fingerprint density at radius 2 is 2.17 bits per heavy atom. The molecule has 0 amide bonds. The van der Waals surface area contributed by atoms with E-state index in [0.29, 0.717) is 23.7 Å². The molecular weight excluding hydrogens is 363 g/mol. The van der Waals surface area contributed by atoms with Crippen molar-refractivity contribution in [3.05, 3.63) is 24.0 Å². The fourth-order valence-electron chi connectivity index (χ4n) is 5.70. The number of nitrogens with two attached hydrogens (primary N) is 1. The van der Waals surface area contributed by atoms with Crippen LogP contribution in [0, 0.1) is 23.7 Å². The molecule has 2 bridgehead atoms. The molecule has 0 aliphatic heterocycles. The highest BCUT2D eigenvalue weighted by Gasteiger charge is 2.44. The van der Waals surface area contributed by atoms with Gasteiger partial charge in [0, 0.05) is 24.3 Å². The lowest BCUT2D eigenvalue weighted by molar-refractivity contribution is -0.0680. The molecular formula is C22H36BN4O2. The molecule has 159 valence electrons. The quantitative estimate of drug-likeness (QED) is 0.300. The van der Waals surface area contributed by atoms with Crippen molar-refractivity contribution in [3.8, 4) is 0 Å². The molecule has 4 rings (SSSR count). The molecule has 5 unspecified atom stereocenters. The van der Waals surface area contributed by atoms with Crippen LogP contribution >= 0.6 is 0 Å². The van der Waals surface area contributed by atoms with Gasteiger partial charge in [-0.05, 0) is 86.2 Å². The number of aliphatic hydroxyl groups is 1. The fourth-order valence-corrected chi connectivity index (χ4v) is 5.70. The molecule has 2 aliphatic carbocycles. The van der Waals surface area contributed by atoms with Crippen molar-refractivity contribution in [2.24, 2.45) is 29.5 Å². The van der Waals surface area contributed by atoms with Crippen molar-refractivity contribution >= 4 is 24.0 Å². The zero-order chi connectivity index (χ0) is 21.0. The lowest BCUT2D eigenvalue weighted by Crippen LogP contribution is -2.45. The van der Waals surface area contributed by atoms with Crippen molar-refractivity contribution in [1.82, 2.24) is 15.4 Å². The standard InChI is InChI=1S/C19H26BN2O2.C3H10N2/c1-11-5-12-6-13(9-19(2,23)8-12)15(11)7-16-14-3-4-21-18(14)22-10-17(16)20-24;1-2-3-5-4/h3-4,10-13,15,23-24H,5-9H2,1-2H3,(H,21,22);5H,2-4H2,1H3. The van der Waals surface area contributed by atoms with Crippen molar-refractivity contribution in [1.29, 1.82) is 0 Å². The number of hydrogen-bond acceptors (Lipinski definition) is 5. The van der Waals surface area contributed by atoms with Crippen LogP contribution in [0.4, 0.5) is 0 Å². The van der Waals surface area contributed by atoms with Gasteiger partial charge in [0.2, 0.25) is 0 Å². The van der Waals surface area contributed by atoms with Gasteiger partial charge in [-0.1, -0.05) is 13.8 Å². The summed E-state index contributed by atoms with van der Waals surface area (Å²) in [6.07, 6.45) is 10.0. The van der Waals surface area contributed by atoms with Gasteiger partial charge < -0.3 is 15.1 Å². The van der Waals surface area contributed by atoms with Gasteiger partial charge in [-0.25, -0.2) is 4.98 Å². The summed E-state index contributed by atoms with van der Waals surface area (Å²) in [4.78, 5) is 7.55. The maximum atomic E-state index is 10.6. The molecule has 0 spiro atoms. The molecule has 0 aromatic carbocycles. The largest absolute Gasteiger partial charge is 0.450 e. The smallest absolute Gasteiger partial charge is 0.328 e. The van der Waals surface area contributed by atoms with Gasteiger partial charge in [-0.3, -0.25) is 11.3 Å². The van der Waals surface area contributed by atoms with E-state index in [4.69, 9.17) is 5.84 Å². The summed E-state index contributed by atoms with van der Waals surface area (Å²) >= 11 is 0. The van der Waals surface area contributed by atoms with Crippen LogP contribution in [0.5, 0.6) is 0 Å². The normalized spacial score (nSPS) is 31.2. The van der Waals surface area contributed by atoms with Gasteiger partial charge in [0.1, 0.15) is 5.65 Å². The van der Waals surface area contributed by atoms with E-state index in [1.807, 2.05) is 13.1 Å². The minimum Gasteiger partial charge on any atom is -0.450 e. The first-order valence-electron chi connectivity index (χ1n) is 11.0. The fraction of sp³-hybridized carbons (Fsp3) is 0.682. The van der Waals surface area contributed by atoms with E-state index < -0.39 is 5.60 Å². The van der Waals surface area contributed by atoms with Crippen molar-refractivity contribution in [3.63, 3.8) is 0 Å². The first-order chi connectivity index (χ1) is 13.9. The van der Waals surface area contributed by atoms with Gasteiger partial charge in [0.05, 0.1) is 5.60 Å². The number of aromatic nitrogens is 2. The SMILES string of the molecule is CC1CC2CC(CC(C)(O)C2)C1Cc1c([B]O)cnc2[nH]ccc12.CCCNN. The van der Waals surface area contributed by atoms with E-state index in [1.54, 1.807) is 6.20 Å². The molecule has 2 saturated carbocycles. The number of fused-ring (bicyclic) bond motifs is 3. The second-order valence-electron chi connectivity index (χ2n) is 9.36. The lowest BCUT2D eigenvalue weighted by Gasteiger charge is -2.49. The van der Waals surface area contributed by atoms with Crippen molar-refractivity contribution in [2.45, 2.75) is 64.9 Å². The van der Waals surface area contributed by atoms with Crippen LogP contribution in [0.3, 0.4) is 0 Å². The third kappa shape index (κ3) is 5.20. The van der Waals surface area contributed by atoms with E-state index in [2.05, 4.69) is 35.3 Å². The maximum absolute atomic E-state index is 10.6. The highest BCUT2D eigenvalue weighted by molar-refractivity contribution is 6.46. The molecule has 2 aromatic heterocycles. The average molecular weight is 399 g/mol. The Balaban J connectivity index is 0.000000431. The minimum absolute atomic E-state index is 0.514. The Labute approximate surface area is 174 Å². The van der Waals surface area contributed by atoms with Gasteiger partial charge in [0.25, 0.3) is 0 Å². The summed E-state index contributed by atoms with van der Waals surface area (Å²) < 4.78 is 0. The topological polar surface area (TPSA) is 107 Å². The second kappa shape index (κ2) is 9.60. The Hall–Kier alpha value is -1.41. The number of aromatic amines is 1. The van der Waals surface area contributed by atoms with Gasteiger partial charge in [0.15, 0.2) is 0 Å². The number of nitrogens with zero attached hydrogens (tertiary/aromatic N) is 1. The van der Waals surface area contributed by atoms with Crippen LogP contribution in [-0.2, 0) is 6.42 Å². The summed E-state index contributed by atoms with van der Waals surface area (Å²) in [7, 11) is 1.18. The minimum atomic E-state index is -0.514. The maximum Gasteiger partial charge on any atom is 0.328 e.